The molecule has 0 saturated carbocycles. The van der Waals surface area contributed by atoms with E-state index in [-0.39, 0.29) is 18.0 Å². The lowest BCUT2D eigenvalue weighted by molar-refractivity contribution is -0.126. The van der Waals surface area contributed by atoms with Gasteiger partial charge in [0.1, 0.15) is 0 Å². The molecule has 0 aromatic carbocycles. The Hall–Kier alpha value is -1.64. The number of aromatic amines is 1. The molecule has 0 radical (unpaired) electrons. The molecule has 2 rings (SSSR count). The Kier molecular flexibility index (Phi) is 2.11. The van der Waals surface area contributed by atoms with Crippen molar-refractivity contribution in [2.75, 3.05) is 0 Å². The number of hydrogen-bond donors (Lipinski definition) is 1. The van der Waals surface area contributed by atoms with E-state index in [1.54, 1.807) is 13.1 Å². The molecule has 1 heterocycles. The highest BCUT2D eigenvalue weighted by molar-refractivity contribution is 6.13. The number of ketones is 2. The normalized spacial score (nSPS) is 26.7. The highest BCUT2D eigenvalue weighted by atomic mass is 16.1. The number of Topliss-reactive ketones (excluding diaryl/α,β-unsaturated/α-hetero) is 1. The first-order valence-corrected chi connectivity index (χ1v) is 4.94. The summed E-state index contributed by atoms with van der Waals surface area (Å²) in [6.45, 7) is 3.51. The lowest BCUT2D eigenvalue weighted by Crippen LogP contribution is -2.39. The summed E-state index contributed by atoms with van der Waals surface area (Å²) >= 11 is 0. The molecule has 0 amide bonds. The summed E-state index contributed by atoms with van der Waals surface area (Å²) in [6, 6.07) is 3.69. The van der Waals surface area contributed by atoms with Crippen molar-refractivity contribution in [2.24, 2.45) is 0 Å². The van der Waals surface area contributed by atoms with E-state index in [9.17, 15) is 9.59 Å². The van der Waals surface area contributed by atoms with E-state index in [0.29, 0.717) is 5.57 Å². The van der Waals surface area contributed by atoms with Gasteiger partial charge in [0.15, 0.2) is 11.6 Å². The first kappa shape index (κ1) is 9.90. The molecule has 1 unspecified atom stereocenters. The minimum Gasteiger partial charge on any atom is -0.364 e. The highest BCUT2D eigenvalue weighted by Gasteiger charge is 2.41. The van der Waals surface area contributed by atoms with Crippen LogP contribution in [-0.4, -0.2) is 16.6 Å². The van der Waals surface area contributed by atoms with E-state index in [1.165, 1.54) is 6.08 Å². The maximum absolute atomic E-state index is 12.1. The Bertz CT molecular complexity index is 442. The predicted octanol–water partition coefficient (Wildman–Crippen LogP) is 1.76. The highest BCUT2D eigenvalue weighted by Crippen LogP contribution is 2.33. The van der Waals surface area contributed by atoms with E-state index in [2.05, 4.69) is 4.98 Å². The van der Waals surface area contributed by atoms with Crippen molar-refractivity contribution >= 4 is 11.6 Å². The Balaban J connectivity index is 2.50. The second-order valence-electron chi connectivity index (χ2n) is 4.22. The maximum atomic E-state index is 12.1. The lowest BCUT2D eigenvalue weighted by Gasteiger charge is -2.29. The molecule has 1 aliphatic carbocycles. The van der Waals surface area contributed by atoms with E-state index in [1.807, 2.05) is 19.1 Å². The second kappa shape index (κ2) is 3.19. The predicted molar refractivity (Wildman–Crippen MR) is 56.5 cm³/mol. The van der Waals surface area contributed by atoms with Crippen LogP contribution in [0.25, 0.3) is 0 Å². The molecule has 78 valence electrons. The van der Waals surface area contributed by atoms with Crippen molar-refractivity contribution in [2.45, 2.75) is 25.7 Å². The van der Waals surface area contributed by atoms with Crippen molar-refractivity contribution in [3.05, 3.63) is 35.7 Å². The number of carbonyl (C=O) groups is 2. The standard InChI is InChI=1S/C12H13NO2/c1-8-6-9(14)7-12(2,11(8)15)10-4-3-5-13-10/h3-6,13H,7H2,1-2H3. The van der Waals surface area contributed by atoms with Crippen LogP contribution in [0.2, 0.25) is 0 Å². The summed E-state index contributed by atoms with van der Waals surface area (Å²) in [4.78, 5) is 26.6. The number of rotatable bonds is 1. The van der Waals surface area contributed by atoms with Crippen LogP contribution >= 0.6 is 0 Å². The molecule has 0 spiro atoms. The second-order valence-corrected chi connectivity index (χ2v) is 4.22. The van der Waals surface area contributed by atoms with Gasteiger partial charge in [0.2, 0.25) is 0 Å². The third-order valence-corrected chi connectivity index (χ3v) is 2.96. The molecule has 1 N–H and O–H groups in total. The summed E-state index contributed by atoms with van der Waals surface area (Å²) in [5, 5.41) is 0. The Labute approximate surface area is 88.2 Å². The van der Waals surface area contributed by atoms with Gasteiger partial charge in [-0.25, -0.2) is 0 Å². The summed E-state index contributed by atoms with van der Waals surface area (Å²) in [6.07, 6.45) is 3.46. The van der Waals surface area contributed by atoms with Crippen LogP contribution in [0.1, 0.15) is 26.0 Å². The zero-order valence-corrected chi connectivity index (χ0v) is 8.83. The molecule has 0 bridgehead atoms. The third kappa shape index (κ3) is 1.44. The molecule has 3 nitrogen and oxygen atoms in total. The number of nitrogens with one attached hydrogen (secondary N) is 1. The van der Waals surface area contributed by atoms with Crippen molar-refractivity contribution in [1.82, 2.24) is 4.98 Å². The number of carbonyl (C=O) groups excluding carboxylic acids is 2. The van der Waals surface area contributed by atoms with Gasteiger partial charge in [0.05, 0.1) is 5.41 Å². The van der Waals surface area contributed by atoms with E-state index in [0.717, 1.165) is 5.69 Å². The molecule has 3 heteroatoms. The van der Waals surface area contributed by atoms with Crippen molar-refractivity contribution < 1.29 is 9.59 Å². The summed E-state index contributed by atoms with van der Waals surface area (Å²) in [7, 11) is 0. The van der Waals surface area contributed by atoms with E-state index < -0.39 is 5.41 Å². The smallest absolute Gasteiger partial charge is 0.170 e. The molecule has 0 saturated heterocycles. The third-order valence-electron chi connectivity index (χ3n) is 2.96. The van der Waals surface area contributed by atoms with Crippen molar-refractivity contribution in [1.29, 1.82) is 0 Å². The zero-order chi connectivity index (χ0) is 11.1. The number of H-pyrrole nitrogens is 1. The first-order valence-electron chi connectivity index (χ1n) is 4.94. The van der Waals surface area contributed by atoms with Gasteiger partial charge in [0.25, 0.3) is 0 Å². The van der Waals surface area contributed by atoms with E-state index in [4.69, 9.17) is 0 Å². The molecular weight excluding hydrogens is 190 g/mol. The molecule has 1 atom stereocenters. The SMILES string of the molecule is CC1=CC(=O)CC(C)(c2ccc[nH]2)C1=O. The van der Waals surface area contributed by atoms with Crippen molar-refractivity contribution in [3.63, 3.8) is 0 Å². The fourth-order valence-electron chi connectivity index (χ4n) is 2.11. The van der Waals surface area contributed by atoms with Crippen LogP contribution in [0.15, 0.2) is 30.0 Å². The fourth-order valence-corrected chi connectivity index (χ4v) is 2.11. The molecule has 1 aromatic rings. The van der Waals surface area contributed by atoms with Gasteiger partial charge in [0, 0.05) is 18.3 Å². The summed E-state index contributed by atoms with van der Waals surface area (Å²) < 4.78 is 0. The fraction of sp³-hybridized carbons (Fsp3) is 0.333. The van der Waals surface area contributed by atoms with Crippen LogP contribution < -0.4 is 0 Å². The van der Waals surface area contributed by atoms with Gasteiger partial charge in [-0.2, -0.15) is 0 Å². The maximum Gasteiger partial charge on any atom is 0.170 e. The molecule has 0 fully saturated rings. The van der Waals surface area contributed by atoms with Crippen LogP contribution in [0.5, 0.6) is 0 Å². The molecule has 0 aliphatic heterocycles. The van der Waals surface area contributed by atoms with Gasteiger partial charge in [-0.1, -0.05) is 0 Å². The molecule has 15 heavy (non-hydrogen) atoms. The zero-order valence-electron chi connectivity index (χ0n) is 8.83. The Morgan fingerprint density at radius 1 is 1.40 bits per heavy atom. The van der Waals surface area contributed by atoms with Gasteiger partial charge < -0.3 is 4.98 Å². The minimum absolute atomic E-state index is 0.0178. The number of aromatic nitrogens is 1. The Morgan fingerprint density at radius 2 is 2.13 bits per heavy atom. The largest absolute Gasteiger partial charge is 0.364 e. The molecule has 1 aromatic heterocycles. The average molecular weight is 203 g/mol. The minimum atomic E-state index is -0.709. The van der Waals surface area contributed by atoms with Crippen LogP contribution in [0.4, 0.5) is 0 Å². The lowest BCUT2D eigenvalue weighted by atomic mass is 9.72. The van der Waals surface area contributed by atoms with Crippen molar-refractivity contribution in [3.8, 4) is 0 Å². The summed E-state index contributed by atoms with van der Waals surface area (Å²) in [5.74, 6) is 0.0498. The number of allylic oxidation sites excluding steroid dienone is 2. The quantitative estimate of drug-likeness (QED) is 0.756. The van der Waals surface area contributed by atoms with Gasteiger partial charge in [-0.15, -0.1) is 0 Å². The topological polar surface area (TPSA) is 49.9 Å². The first-order chi connectivity index (χ1) is 7.04. The Morgan fingerprint density at radius 3 is 2.73 bits per heavy atom. The average Bonchev–Trinajstić information content (AvgIpc) is 2.67. The number of hydrogen-bond acceptors (Lipinski definition) is 2. The van der Waals surface area contributed by atoms with Gasteiger partial charge in [-0.05, 0) is 37.6 Å². The molecule has 1 aliphatic rings. The van der Waals surface area contributed by atoms with Gasteiger partial charge >= 0.3 is 0 Å². The monoisotopic (exact) mass is 203 g/mol. The van der Waals surface area contributed by atoms with Crippen LogP contribution in [0, 0.1) is 0 Å². The van der Waals surface area contributed by atoms with Gasteiger partial charge in [-0.3, -0.25) is 9.59 Å². The van der Waals surface area contributed by atoms with Crippen LogP contribution in [0.3, 0.4) is 0 Å². The van der Waals surface area contributed by atoms with Crippen LogP contribution in [-0.2, 0) is 15.0 Å². The summed E-state index contributed by atoms with van der Waals surface area (Å²) in [5.41, 5.74) is 0.649. The molecular formula is C12H13NO2. The van der Waals surface area contributed by atoms with E-state index >= 15 is 0 Å².